The number of primary sulfonamides is 1. The molecule has 2 atom stereocenters. The van der Waals surface area contributed by atoms with E-state index < -0.39 is 15.6 Å². The molecule has 9 heteroatoms. The Morgan fingerprint density at radius 2 is 1.87 bits per heavy atom. The molecule has 1 aromatic carbocycles. The Labute approximate surface area is 189 Å². The first-order valence-corrected chi connectivity index (χ1v) is 12.7. The maximum absolute atomic E-state index is 11.9. The van der Waals surface area contributed by atoms with Crippen molar-refractivity contribution >= 4 is 27.5 Å². The van der Waals surface area contributed by atoms with Crippen molar-refractivity contribution < 1.29 is 13.2 Å². The molecule has 5 rings (SSSR count). The summed E-state index contributed by atoms with van der Waals surface area (Å²) in [4.78, 5) is 1.52. The molecule has 3 N–H and O–H groups in total. The van der Waals surface area contributed by atoms with Gasteiger partial charge in [-0.15, -0.1) is 0 Å². The number of rotatable bonds is 6. The van der Waals surface area contributed by atoms with Gasteiger partial charge in [-0.25, -0.2) is 13.6 Å². The van der Waals surface area contributed by atoms with Crippen molar-refractivity contribution in [2.24, 2.45) is 28.3 Å². The van der Waals surface area contributed by atoms with Crippen LogP contribution in [0.5, 0.6) is 5.75 Å². The van der Waals surface area contributed by atoms with Crippen molar-refractivity contribution in [1.29, 1.82) is 10.7 Å². The van der Waals surface area contributed by atoms with Gasteiger partial charge in [0.25, 0.3) is 0 Å². The number of nitrogens with zero attached hydrogens (tertiary/aromatic N) is 2. The number of halogens is 1. The van der Waals surface area contributed by atoms with Gasteiger partial charge in [0.05, 0.1) is 11.8 Å². The van der Waals surface area contributed by atoms with Crippen LogP contribution in [0.15, 0.2) is 24.3 Å². The van der Waals surface area contributed by atoms with Crippen LogP contribution >= 0.6 is 11.6 Å². The van der Waals surface area contributed by atoms with E-state index in [0.717, 1.165) is 32.1 Å². The molecule has 31 heavy (non-hydrogen) atoms. The van der Waals surface area contributed by atoms with E-state index in [9.17, 15) is 13.7 Å². The summed E-state index contributed by atoms with van der Waals surface area (Å²) in [6.45, 7) is 3.57. The summed E-state index contributed by atoms with van der Waals surface area (Å²) in [5.41, 5.74) is -1.30. The molecule has 4 fully saturated rings. The van der Waals surface area contributed by atoms with Gasteiger partial charge in [0.15, 0.2) is 17.6 Å². The van der Waals surface area contributed by atoms with Gasteiger partial charge >= 0.3 is 0 Å². The molecule has 0 amide bonds. The Morgan fingerprint density at radius 1 is 1.29 bits per heavy atom. The molecule has 4 aliphatic rings. The van der Waals surface area contributed by atoms with Crippen molar-refractivity contribution in [3.8, 4) is 11.9 Å². The highest BCUT2D eigenvalue weighted by molar-refractivity contribution is 7.89. The lowest BCUT2D eigenvalue weighted by Crippen LogP contribution is -2.63. The molecule has 7 nitrogen and oxygen atoms in total. The summed E-state index contributed by atoms with van der Waals surface area (Å²) in [5, 5.41) is 24.9. The van der Waals surface area contributed by atoms with Crippen LogP contribution in [0, 0.1) is 40.0 Å². The van der Waals surface area contributed by atoms with Crippen LogP contribution in [0.2, 0.25) is 5.02 Å². The van der Waals surface area contributed by atoms with Gasteiger partial charge in [-0.2, -0.15) is 5.26 Å². The largest absolute Gasteiger partial charge is 0.480 e. The maximum atomic E-state index is 11.9. The summed E-state index contributed by atoms with van der Waals surface area (Å²) < 4.78 is 29.8. The lowest BCUT2D eigenvalue weighted by atomic mass is 9.48. The molecule has 4 saturated carbocycles. The minimum atomic E-state index is -3.56. The van der Waals surface area contributed by atoms with E-state index in [2.05, 4.69) is 6.19 Å². The summed E-state index contributed by atoms with van der Waals surface area (Å²) in [6.07, 6.45) is 6.58. The summed E-state index contributed by atoms with van der Waals surface area (Å²) in [5.74, 6) is 1.55. The Morgan fingerprint density at radius 3 is 2.39 bits per heavy atom. The van der Waals surface area contributed by atoms with Crippen LogP contribution in [0.25, 0.3) is 0 Å². The minimum absolute atomic E-state index is 0.0192. The average molecular weight is 465 g/mol. The molecule has 0 aliphatic heterocycles. The standard InChI is InChI=1S/C22H29ClN4O3S/c1-21(2,30-18-5-3-17(23)4-6-18)20(25)27(13-24)19-15-7-14-8-16(19)11-22(9-14,10-15)12-31(26,28)29/h3-6,14-16,19,25H,7-12H2,1-2H3,(H2,26,28,29). The predicted molar refractivity (Wildman–Crippen MR) is 119 cm³/mol. The number of nitriles is 1. The molecule has 0 saturated heterocycles. The van der Waals surface area contributed by atoms with Gasteiger partial charge < -0.3 is 4.74 Å². The average Bonchev–Trinajstić information content (AvgIpc) is 2.63. The Balaban J connectivity index is 1.55. The molecule has 0 spiro atoms. The minimum Gasteiger partial charge on any atom is -0.480 e. The van der Waals surface area contributed by atoms with E-state index in [4.69, 9.17) is 26.9 Å². The van der Waals surface area contributed by atoms with Crippen LogP contribution in [0.3, 0.4) is 0 Å². The molecule has 2 unspecified atom stereocenters. The fraction of sp³-hybridized carbons (Fsp3) is 0.636. The lowest BCUT2D eigenvalue weighted by molar-refractivity contribution is -0.0810. The number of nitrogens with one attached hydrogen (secondary N) is 1. The summed E-state index contributed by atoms with van der Waals surface area (Å²) in [6, 6.07) is 6.83. The Kier molecular flexibility index (Phi) is 5.52. The maximum Gasteiger partial charge on any atom is 0.209 e. The van der Waals surface area contributed by atoms with E-state index in [0.29, 0.717) is 16.7 Å². The van der Waals surface area contributed by atoms with Crippen LogP contribution in [-0.2, 0) is 10.0 Å². The molecular formula is C22H29ClN4O3S. The number of hydrogen-bond acceptors (Lipinski definition) is 5. The highest BCUT2D eigenvalue weighted by Gasteiger charge is 2.58. The second-order valence-electron chi connectivity index (χ2n) is 10.2. The smallest absolute Gasteiger partial charge is 0.209 e. The normalized spacial score (nSPS) is 31.8. The van der Waals surface area contributed by atoms with Gasteiger partial charge in [-0.05, 0) is 93.4 Å². The summed E-state index contributed by atoms with van der Waals surface area (Å²) >= 11 is 5.95. The predicted octanol–water partition coefficient (Wildman–Crippen LogP) is 3.74. The van der Waals surface area contributed by atoms with Gasteiger partial charge in [0.2, 0.25) is 10.0 Å². The van der Waals surface area contributed by atoms with Crippen molar-refractivity contribution in [2.45, 2.75) is 57.6 Å². The molecule has 0 aromatic heterocycles. The van der Waals surface area contributed by atoms with E-state index in [1.54, 1.807) is 38.1 Å². The fourth-order valence-corrected chi connectivity index (χ4v) is 7.93. The van der Waals surface area contributed by atoms with E-state index in [-0.39, 0.29) is 34.9 Å². The molecule has 0 heterocycles. The van der Waals surface area contributed by atoms with Crippen molar-refractivity contribution in [3.63, 3.8) is 0 Å². The molecule has 1 aromatic rings. The van der Waals surface area contributed by atoms with Gasteiger partial charge in [-0.3, -0.25) is 10.3 Å². The number of amidine groups is 1. The molecular weight excluding hydrogens is 436 g/mol. The first-order valence-electron chi connectivity index (χ1n) is 10.6. The zero-order valence-corrected chi connectivity index (χ0v) is 19.4. The third kappa shape index (κ3) is 4.41. The molecule has 168 valence electrons. The Hall–Kier alpha value is -1.82. The summed E-state index contributed by atoms with van der Waals surface area (Å²) in [7, 11) is -3.56. The van der Waals surface area contributed by atoms with Crippen molar-refractivity contribution in [3.05, 3.63) is 29.3 Å². The van der Waals surface area contributed by atoms with Crippen LogP contribution in [-0.4, -0.2) is 36.5 Å². The van der Waals surface area contributed by atoms with Crippen LogP contribution < -0.4 is 9.88 Å². The van der Waals surface area contributed by atoms with Crippen molar-refractivity contribution in [2.75, 3.05) is 5.75 Å². The van der Waals surface area contributed by atoms with E-state index in [1.807, 2.05) is 0 Å². The molecule has 4 aliphatic carbocycles. The topological polar surface area (TPSA) is 120 Å². The monoisotopic (exact) mass is 464 g/mol. The Bertz CT molecular complexity index is 1000. The number of hydrogen-bond donors (Lipinski definition) is 2. The highest BCUT2D eigenvalue weighted by atomic mass is 35.5. The van der Waals surface area contributed by atoms with Crippen molar-refractivity contribution in [1.82, 2.24) is 4.90 Å². The molecule has 4 bridgehead atoms. The van der Waals surface area contributed by atoms with Gasteiger partial charge in [0.1, 0.15) is 5.75 Å². The first kappa shape index (κ1) is 22.4. The number of nitrogens with two attached hydrogens (primary N) is 1. The van der Waals surface area contributed by atoms with Crippen LogP contribution in [0.1, 0.15) is 46.0 Å². The highest BCUT2D eigenvalue weighted by Crippen LogP contribution is 2.61. The second-order valence-corrected chi connectivity index (χ2v) is 12.2. The zero-order valence-electron chi connectivity index (χ0n) is 17.8. The van der Waals surface area contributed by atoms with Crippen LogP contribution in [0.4, 0.5) is 0 Å². The van der Waals surface area contributed by atoms with E-state index in [1.165, 1.54) is 4.90 Å². The lowest BCUT2D eigenvalue weighted by Gasteiger charge is -2.61. The third-order valence-corrected chi connectivity index (χ3v) is 8.53. The number of benzene rings is 1. The third-order valence-electron chi connectivity index (χ3n) is 7.26. The first-order chi connectivity index (χ1) is 14.4. The molecule has 0 radical (unpaired) electrons. The number of sulfonamides is 1. The van der Waals surface area contributed by atoms with Gasteiger partial charge in [-0.1, -0.05) is 11.6 Å². The van der Waals surface area contributed by atoms with Gasteiger partial charge in [0, 0.05) is 5.02 Å². The zero-order chi connectivity index (χ0) is 22.6. The quantitative estimate of drug-likeness (QED) is 0.287. The second kappa shape index (κ2) is 7.65. The SMILES string of the molecule is CC(C)(Oc1ccc(Cl)cc1)C(=N)N(C#N)C1C2CC3CC1CC(CS(N)(=O)=O)(C3)C2. The van der Waals surface area contributed by atoms with E-state index >= 15 is 0 Å². The number of ether oxygens (including phenoxy) is 1. The fourth-order valence-electron chi connectivity index (χ4n) is 6.59.